The Morgan fingerprint density at radius 3 is 1.63 bits per heavy atom. The smallest absolute Gasteiger partial charge is 0.180 e. The first-order valence-corrected chi connectivity index (χ1v) is 9.95. The Kier molecular flexibility index (Phi) is 7.08. The van der Waals surface area contributed by atoms with E-state index in [9.17, 15) is 17.6 Å². The average molecular weight is 446 g/mol. The summed E-state index contributed by atoms with van der Waals surface area (Å²) in [5.74, 6) is -6.76. The molecule has 0 aliphatic carbocycles. The zero-order chi connectivity index (χ0) is 21.7. The number of nitrogens with zero attached hydrogens (tertiary/aromatic N) is 2. The Hall–Kier alpha value is -2.89. The molecule has 0 fully saturated rings. The first-order chi connectivity index (χ1) is 14.4. The zero-order valence-corrected chi connectivity index (χ0v) is 17.0. The van der Waals surface area contributed by atoms with E-state index in [1.165, 1.54) is 0 Å². The van der Waals surface area contributed by atoms with Crippen LogP contribution in [0.15, 0.2) is 65.6 Å². The predicted octanol–water partition coefficient (Wildman–Crippen LogP) is 6.19. The highest BCUT2D eigenvalue weighted by atomic mass is 32.2. The number of hydrogen-bond donors (Lipinski definition) is 0. The van der Waals surface area contributed by atoms with Crippen molar-refractivity contribution in [3.8, 4) is 6.07 Å². The molecule has 3 aromatic carbocycles. The summed E-state index contributed by atoms with van der Waals surface area (Å²) in [6.45, 7) is 0.651. The molecule has 0 heterocycles. The van der Waals surface area contributed by atoms with Gasteiger partial charge in [-0.05, 0) is 11.1 Å². The van der Waals surface area contributed by atoms with E-state index in [2.05, 4.69) is 0 Å². The maximum absolute atomic E-state index is 14.3. The maximum Gasteiger partial charge on any atom is 0.180 e. The number of rotatable bonds is 5. The second-order valence-electron chi connectivity index (χ2n) is 6.27. The largest absolute Gasteiger partial charge is 0.349 e. The van der Waals surface area contributed by atoms with Crippen molar-refractivity contribution in [1.82, 2.24) is 4.90 Å². The third kappa shape index (κ3) is 4.81. The van der Waals surface area contributed by atoms with Gasteiger partial charge in [-0.3, -0.25) is 0 Å². The van der Waals surface area contributed by atoms with E-state index in [0.29, 0.717) is 24.9 Å². The van der Waals surface area contributed by atoms with Gasteiger partial charge in [-0.2, -0.15) is 5.26 Å². The average Bonchev–Trinajstić information content (AvgIpc) is 2.76. The highest BCUT2D eigenvalue weighted by molar-refractivity contribution is 8.22. The number of thiocarbonyl (C=S) groups is 1. The summed E-state index contributed by atoms with van der Waals surface area (Å²) in [6, 6.07) is 19.7. The van der Waals surface area contributed by atoms with Crippen molar-refractivity contribution in [1.29, 1.82) is 5.26 Å². The van der Waals surface area contributed by atoms with E-state index >= 15 is 0 Å². The molecule has 3 aromatic rings. The molecule has 0 aliphatic rings. The molecule has 3 rings (SSSR count). The topological polar surface area (TPSA) is 27.0 Å². The van der Waals surface area contributed by atoms with E-state index in [1.54, 1.807) is 4.90 Å². The minimum Gasteiger partial charge on any atom is -0.349 e. The van der Waals surface area contributed by atoms with Crippen LogP contribution in [0.4, 0.5) is 17.6 Å². The molecule has 152 valence electrons. The van der Waals surface area contributed by atoms with Crippen molar-refractivity contribution in [2.75, 3.05) is 0 Å². The molecule has 0 atom stereocenters. The second kappa shape index (κ2) is 9.74. The van der Waals surface area contributed by atoms with Crippen LogP contribution in [0.2, 0.25) is 0 Å². The van der Waals surface area contributed by atoms with E-state index < -0.39 is 33.7 Å². The quantitative estimate of drug-likeness (QED) is 0.202. The SMILES string of the molecule is N#Cc1c(F)c(F)c(SC(=S)N(Cc2ccccc2)Cc2ccccc2)c(F)c1F. The van der Waals surface area contributed by atoms with E-state index in [-0.39, 0.29) is 4.32 Å². The lowest BCUT2D eigenvalue weighted by Crippen LogP contribution is -2.26. The second-order valence-corrected chi connectivity index (χ2v) is 7.91. The highest BCUT2D eigenvalue weighted by Crippen LogP contribution is 2.33. The predicted molar refractivity (Wildman–Crippen MR) is 112 cm³/mol. The molecular weight excluding hydrogens is 432 g/mol. The normalized spacial score (nSPS) is 10.5. The first-order valence-electron chi connectivity index (χ1n) is 8.73. The maximum atomic E-state index is 14.3. The van der Waals surface area contributed by atoms with Crippen molar-refractivity contribution >= 4 is 28.3 Å². The van der Waals surface area contributed by atoms with Crippen molar-refractivity contribution in [2.24, 2.45) is 0 Å². The lowest BCUT2D eigenvalue weighted by Gasteiger charge is -2.25. The van der Waals surface area contributed by atoms with Crippen LogP contribution in [0.25, 0.3) is 0 Å². The van der Waals surface area contributed by atoms with Gasteiger partial charge in [0.2, 0.25) is 0 Å². The molecule has 0 aromatic heterocycles. The Morgan fingerprint density at radius 1 is 0.800 bits per heavy atom. The van der Waals surface area contributed by atoms with Crippen LogP contribution in [-0.4, -0.2) is 9.22 Å². The molecule has 0 radical (unpaired) electrons. The van der Waals surface area contributed by atoms with E-state index in [4.69, 9.17) is 17.5 Å². The number of nitriles is 1. The number of hydrogen-bond acceptors (Lipinski definition) is 3. The van der Waals surface area contributed by atoms with Crippen LogP contribution in [-0.2, 0) is 13.1 Å². The summed E-state index contributed by atoms with van der Waals surface area (Å²) < 4.78 is 56.7. The fraction of sp³-hybridized carbons (Fsp3) is 0.0909. The molecule has 2 nitrogen and oxygen atoms in total. The lowest BCUT2D eigenvalue weighted by molar-refractivity contribution is 0.417. The summed E-state index contributed by atoms with van der Waals surface area (Å²) in [4.78, 5) is 0.762. The Labute approximate surface area is 180 Å². The minimum absolute atomic E-state index is 0.0315. The standard InChI is InChI=1S/C22H14F4N2S2/c23-17-16(11-27)18(24)20(26)21(19(17)25)30-22(29)28(12-14-7-3-1-4-8-14)13-15-9-5-2-6-10-15/h1-10H,12-13H2. The third-order valence-electron chi connectivity index (χ3n) is 4.21. The summed E-state index contributed by atoms with van der Waals surface area (Å²) >= 11 is 5.78. The van der Waals surface area contributed by atoms with Crippen LogP contribution in [0.5, 0.6) is 0 Å². The number of benzene rings is 3. The Morgan fingerprint density at radius 2 is 1.23 bits per heavy atom. The molecule has 0 aliphatic heterocycles. The van der Waals surface area contributed by atoms with Gasteiger partial charge in [0.1, 0.15) is 16.0 Å². The summed E-state index contributed by atoms with van der Waals surface area (Å²) in [5.41, 5.74) is 0.495. The zero-order valence-electron chi connectivity index (χ0n) is 15.4. The summed E-state index contributed by atoms with van der Waals surface area (Å²) in [5, 5.41) is 8.73. The molecule has 30 heavy (non-hydrogen) atoms. The molecule has 0 unspecified atom stereocenters. The van der Waals surface area contributed by atoms with Gasteiger partial charge in [0.25, 0.3) is 0 Å². The van der Waals surface area contributed by atoms with Gasteiger partial charge in [-0.25, -0.2) is 17.6 Å². The molecule has 8 heteroatoms. The fourth-order valence-electron chi connectivity index (χ4n) is 2.74. The van der Waals surface area contributed by atoms with E-state index in [0.717, 1.165) is 17.2 Å². The van der Waals surface area contributed by atoms with Crippen LogP contribution in [0.3, 0.4) is 0 Å². The molecule has 0 saturated heterocycles. The van der Waals surface area contributed by atoms with Crippen LogP contribution in [0, 0.1) is 34.6 Å². The molecule has 0 spiro atoms. The third-order valence-corrected chi connectivity index (χ3v) is 5.72. The highest BCUT2D eigenvalue weighted by Gasteiger charge is 2.27. The number of thioether (sulfide) groups is 1. The van der Waals surface area contributed by atoms with Crippen molar-refractivity contribution in [2.45, 2.75) is 18.0 Å². The summed E-state index contributed by atoms with van der Waals surface area (Å²) in [7, 11) is 0. The van der Waals surface area contributed by atoms with Gasteiger partial charge < -0.3 is 4.90 Å². The molecular formula is C22H14F4N2S2. The monoisotopic (exact) mass is 446 g/mol. The van der Waals surface area contributed by atoms with Crippen molar-refractivity contribution < 1.29 is 17.6 Å². The number of halogens is 4. The fourth-order valence-corrected chi connectivity index (χ4v) is 3.91. The lowest BCUT2D eigenvalue weighted by atomic mass is 10.2. The van der Waals surface area contributed by atoms with Gasteiger partial charge >= 0.3 is 0 Å². The summed E-state index contributed by atoms with van der Waals surface area (Å²) in [6.07, 6.45) is 0. The molecule has 0 bridgehead atoms. The molecule has 0 amide bonds. The van der Waals surface area contributed by atoms with Crippen LogP contribution in [0.1, 0.15) is 16.7 Å². The van der Waals surface area contributed by atoms with E-state index in [1.807, 2.05) is 60.7 Å². The van der Waals surface area contributed by atoms with Gasteiger partial charge in [-0.15, -0.1) is 0 Å². The molecule has 0 saturated carbocycles. The van der Waals surface area contributed by atoms with Gasteiger partial charge in [0, 0.05) is 13.1 Å². The minimum atomic E-state index is -1.74. The van der Waals surface area contributed by atoms with Gasteiger partial charge in [0.05, 0.1) is 4.90 Å². The van der Waals surface area contributed by atoms with Crippen molar-refractivity contribution in [3.63, 3.8) is 0 Å². The first kappa shape index (κ1) is 21.8. The Bertz CT molecular complexity index is 1030. The Balaban J connectivity index is 1.93. The van der Waals surface area contributed by atoms with Crippen LogP contribution >= 0.6 is 24.0 Å². The van der Waals surface area contributed by atoms with Gasteiger partial charge in [-0.1, -0.05) is 84.6 Å². The van der Waals surface area contributed by atoms with Crippen LogP contribution < -0.4 is 0 Å². The van der Waals surface area contributed by atoms with Gasteiger partial charge in [0.15, 0.2) is 23.3 Å². The van der Waals surface area contributed by atoms with Crippen molar-refractivity contribution in [3.05, 3.63) is 101 Å². The molecule has 0 N–H and O–H groups in total.